The summed E-state index contributed by atoms with van der Waals surface area (Å²) in [5.41, 5.74) is 1.89. The number of aryl methyl sites for hydroxylation is 1. The second-order valence-electron chi connectivity index (χ2n) is 7.57. The number of aromatic amines is 1. The third-order valence-electron chi connectivity index (χ3n) is 5.01. The second-order valence-corrected chi connectivity index (χ2v) is 8.00. The van der Waals surface area contributed by atoms with E-state index < -0.39 is 0 Å². The Kier molecular flexibility index (Phi) is 6.63. The first-order valence-electron chi connectivity index (χ1n) is 10.2. The highest BCUT2D eigenvalue weighted by Crippen LogP contribution is 2.22. The van der Waals surface area contributed by atoms with Gasteiger partial charge in [-0.2, -0.15) is 5.10 Å². The molecule has 1 atom stereocenters. The SMILES string of the molecule is Cc1cc(Nc2cnc(C(=O)NCC3CCCNC3)c(Nc3ccc(Cl)cc3)n2)n[nH]1. The molecule has 1 fully saturated rings. The Balaban J connectivity index is 1.54. The topological polar surface area (TPSA) is 120 Å². The quantitative estimate of drug-likeness (QED) is 0.382. The highest BCUT2D eigenvalue weighted by atomic mass is 35.5. The summed E-state index contributed by atoms with van der Waals surface area (Å²) in [4.78, 5) is 21.8. The molecule has 162 valence electrons. The maximum absolute atomic E-state index is 12.9. The number of nitrogens with zero attached hydrogens (tertiary/aromatic N) is 3. The number of piperidine rings is 1. The molecule has 2 aromatic heterocycles. The van der Waals surface area contributed by atoms with Gasteiger partial charge in [0.1, 0.15) is 0 Å². The third-order valence-corrected chi connectivity index (χ3v) is 5.26. The second kappa shape index (κ2) is 9.76. The van der Waals surface area contributed by atoms with Crippen molar-refractivity contribution in [2.45, 2.75) is 19.8 Å². The molecule has 10 heteroatoms. The van der Waals surface area contributed by atoms with Crippen LogP contribution in [0.2, 0.25) is 5.02 Å². The standard InChI is InChI=1S/C21H25ClN8O/c1-13-9-17(30-29-13)27-18-12-24-19(21(31)25-11-14-3-2-8-23-10-14)20(28-18)26-16-6-4-15(22)5-7-16/h4-7,9,12,14,23H,2-3,8,10-11H2,1H3,(H,25,31)(H3,26,27,28,29,30). The fourth-order valence-corrected chi connectivity index (χ4v) is 3.53. The lowest BCUT2D eigenvalue weighted by Gasteiger charge is -2.23. The zero-order valence-corrected chi connectivity index (χ0v) is 18.0. The molecule has 0 spiro atoms. The number of benzene rings is 1. The number of anilines is 4. The minimum absolute atomic E-state index is 0.225. The summed E-state index contributed by atoms with van der Waals surface area (Å²) in [7, 11) is 0. The summed E-state index contributed by atoms with van der Waals surface area (Å²) in [5.74, 6) is 1.58. The van der Waals surface area contributed by atoms with Crippen molar-refractivity contribution >= 4 is 40.6 Å². The minimum atomic E-state index is -0.267. The summed E-state index contributed by atoms with van der Waals surface area (Å²) in [6, 6.07) is 9.02. The van der Waals surface area contributed by atoms with E-state index in [0.717, 1.165) is 37.3 Å². The van der Waals surface area contributed by atoms with Crippen LogP contribution in [0.4, 0.5) is 23.1 Å². The highest BCUT2D eigenvalue weighted by molar-refractivity contribution is 6.30. The van der Waals surface area contributed by atoms with Gasteiger partial charge in [-0.25, -0.2) is 9.97 Å². The van der Waals surface area contributed by atoms with E-state index in [9.17, 15) is 4.79 Å². The van der Waals surface area contributed by atoms with Gasteiger partial charge >= 0.3 is 0 Å². The van der Waals surface area contributed by atoms with Crippen LogP contribution in [0.5, 0.6) is 0 Å². The van der Waals surface area contributed by atoms with Gasteiger partial charge < -0.3 is 21.3 Å². The molecule has 5 N–H and O–H groups in total. The van der Waals surface area contributed by atoms with Gasteiger partial charge in [-0.1, -0.05) is 11.6 Å². The first-order chi connectivity index (χ1) is 15.1. The van der Waals surface area contributed by atoms with Crippen LogP contribution in [0.3, 0.4) is 0 Å². The molecule has 1 amide bonds. The lowest BCUT2D eigenvalue weighted by atomic mass is 10.00. The van der Waals surface area contributed by atoms with Gasteiger partial charge in [-0.15, -0.1) is 0 Å². The number of hydrogen-bond donors (Lipinski definition) is 5. The summed E-state index contributed by atoms with van der Waals surface area (Å²) >= 11 is 5.98. The number of amides is 1. The molecule has 3 heterocycles. The van der Waals surface area contributed by atoms with E-state index in [1.165, 1.54) is 6.20 Å². The monoisotopic (exact) mass is 440 g/mol. The van der Waals surface area contributed by atoms with Crippen LogP contribution in [0.1, 0.15) is 29.0 Å². The lowest BCUT2D eigenvalue weighted by Crippen LogP contribution is -2.38. The van der Waals surface area contributed by atoms with Crippen molar-refractivity contribution in [3.05, 3.63) is 52.9 Å². The molecule has 4 rings (SSSR count). The molecule has 1 unspecified atom stereocenters. The van der Waals surface area contributed by atoms with Crippen molar-refractivity contribution in [3.8, 4) is 0 Å². The molecule has 1 aliphatic heterocycles. The van der Waals surface area contributed by atoms with E-state index >= 15 is 0 Å². The van der Waals surface area contributed by atoms with E-state index in [1.807, 2.05) is 25.1 Å². The van der Waals surface area contributed by atoms with Gasteiger partial charge in [-0.05, 0) is 63.0 Å². The van der Waals surface area contributed by atoms with Gasteiger partial charge in [0.15, 0.2) is 23.1 Å². The Labute approximate surface area is 185 Å². The molecule has 3 aromatic rings. The van der Waals surface area contributed by atoms with Crippen LogP contribution < -0.4 is 21.3 Å². The van der Waals surface area contributed by atoms with Gasteiger partial charge in [0, 0.05) is 29.0 Å². The van der Waals surface area contributed by atoms with Crippen molar-refractivity contribution in [1.82, 2.24) is 30.8 Å². The van der Waals surface area contributed by atoms with Crippen LogP contribution >= 0.6 is 11.6 Å². The first-order valence-corrected chi connectivity index (χ1v) is 10.6. The van der Waals surface area contributed by atoms with Crippen molar-refractivity contribution < 1.29 is 4.79 Å². The maximum atomic E-state index is 12.9. The molecule has 0 bridgehead atoms. The average Bonchev–Trinajstić information content (AvgIpc) is 3.19. The van der Waals surface area contributed by atoms with Gasteiger partial charge in [0.05, 0.1) is 6.20 Å². The minimum Gasteiger partial charge on any atom is -0.350 e. The van der Waals surface area contributed by atoms with Crippen LogP contribution in [0.25, 0.3) is 0 Å². The predicted molar refractivity (Wildman–Crippen MR) is 121 cm³/mol. The molecule has 0 radical (unpaired) electrons. The number of nitrogens with one attached hydrogen (secondary N) is 5. The molecule has 0 aliphatic carbocycles. The van der Waals surface area contributed by atoms with E-state index in [0.29, 0.717) is 34.9 Å². The number of hydrogen-bond acceptors (Lipinski definition) is 7. The number of halogens is 1. The normalized spacial score (nSPS) is 16.0. The molecule has 9 nitrogen and oxygen atoms in total. The molecular weight excluding hydrogens is 416 g/mol. The van der Waals surface area contributed by atoms with Gasteiger partial charge in [0.25, 0.3) is 5.91 Å². The molecule has 1 aromatic carbocycles. The number of aromatic nitrogens is 4. The van der Waals surface area contributed by atoms with E-state index in [-0.39, 0.29) is 11.6 Å². The van der Waals surface area contributed by atoms with Gasteiger partial charge in [-0.3, -0.25) is 9.89 Å². The Morgan fingerprint density at radius 1 is 1.23 bits per heavy atom. The summed E-state index contributed by atoms with van der Waals surface area (Å²) < 4.78 is 0. The van der Waals surface area contributed by atoms with Crippen LogP contribution in [-0.4, -0.2) is 45.7 Å². The summed E-state index contributed by atoms with van der Waals surface area (Å²) in [6.45, 7) is 4.45. The summed E-state index contributed by atoms with van der Waals surface area (Å²) in [5, 5.41) is 20.3. The number of carbonyl (C=O) groups excluding carboxylic acids is 1. The number of rotatable bonds is 7. The van der Waals surface area contributed by atoms with Crippen molar-refractivity contribution in [2.75, 3.05) is 30.3 Å². The van der Waals surface area contributed by atoms with Crippen LogP contribution in [-0.2, 0) is 0 Å². The summed E-state index contributed by atoms with van der Waals surface area (Å²) in [6.07, 6.45) is 3.74. The zero-order chi connectivity index (χ0) is 21.6. The van der Waals surface area contributed by atoms with Gasteiger partial charge in [0.2, 0.25) is 0 Å². The average molecular weight is 441 g/mol. The molecule has 31 heavy (non-hydrogen) atoms. The Hall–Kier alpha value is -3.17. The smallest absolute Gasteiger partial charge is 0.273 e. The van der Waals surface area contributed by atoms with Crippen molar-refractivity contribution in [3.63, 3.8) is 0 Å². The number of H-pyrrole nitrogens is 1. The van der Waals surface area contributed by atoms with E-state index in [4.69, 9.17) is 11.6 Å². The van der Waals surface area contributed by atoms with Crippen LogP contribution in [0.15, 0.2) is 36.5 Å². The van der Waals surface area contributed by atoms with Crippen molar-refractivity contribution in [1.29, 1.82) is 0 Å². The largest absolute Gasteiger partial charge is 0.350 e. The Morgan fingerprint density at radius 3 is 2.77 bits per heavy atom. The molecule has 0 saturated carbocycles. The number of carbonyl (C=O) groups is 1. The van der Waals surface area contributed by atoms with E-state index in [2.05, 4.69) is 41.4 Å². The molecule has 1 saturated heterocycles. The van der Waals surface area contributed by atoms with Crippen molar-refractivity contribution in [2.24, 2.45) is 5.92 Å². The Morgan fingerprint density at radius 2 is 2.06 bits per heavy atom. The third kappa shape index (κ3) is 5.71. The first kappa shape index (κ1) is 21.1. The maximum Gasteiger partial charge on any atom is 0.273 e. The predicted octanol–water partition coefficient (Wildman–Crippen LogP) is 3.38. The molecule has 1 aliphatic rings. The molecular formula is C21H25ClN8O. The fraction of sp³-hybridized carbons (Fsp3) is 0.333. The fourth-order valence-electron chi connectivity index (χ4n) is 3.40. The lowest BCUT2D eigenvalue weighted by molar-refractivity contribution is 0.0940. The van der Waals surface area contributed by atoms with E-state index in [1.54, 1.807) is 12.1 Å². The highest BCUT2D eigenvalue weighted by Gasteiger charge is 2.19. The Bertz CT molecular complexity index is 1030. The van der Waals surface area contributed by atoms with Crippen LogP contribution in [0, 0.1) is 12.8 Å². The zero-order valence-electron chi connectivity index (χ0n) is 17.2.